The second-order valence-electron chi connectivity index (χ2n) is 7.36. The first-order valence-corrected chi connectivity index (χ1v) is 10.1. The predicted molar refractivity (Wildman–Crippen MR) is 124 cm³/mol. The van der Waals surface area contributed by atoms with Crippen molar-refractivity contribution in [1.29, 1.82) is 0 Å². The third kappa shape index (κ3) is 3.87. The lowest BCUT2D eigenvalue weighted by Gasteiger charge is -2.11. The van der Waals surface area contributed by atoms with Crippen LogP contribution in [-0.2, 0) is 0 Å². The van der Waals surface area contributed by atoms with Crippen molar-refractivity contribution < 1.29 is 4.79 Å². The van der Waals surface area contributed by atoms with Gasteiger partial charge in [0.1, 0.15) is 0 Å². The Hall–Kier alpha value is -3.37. The van der Waals surface area contributed by atoms with Crippen LogP contribution in [0.4, 0.5) is 0 Å². The van der Waals surface area contributed by atoms with E-state index in [2.05, 4.69) is 15.1 Å². The average molecular weight is 416 g/mol. The molecule has 0 aliphatic carbocycles. The number of amides is 1. The molecular weight excluding hydrogens is 394 g/mol. The maximum atomic E-state index is 12.5. The molecule has 0 aliphatic heterocycles. The Morgan fingerprint density at radius 3 is 2.50 bits per heavy atom. The summed E-state index contributed by atoms with van der Waals surface area (Å²) in [5.74, 6) is -0.240. The number of carbonyl (C=O) groups excluding carboxylic acids is 1. The molecule has 0 saturated heterocycles. The molecule has 30 heavy (non-hydrogen) atoms. The van der Waals surface area contributed by atoms with Crippen LogP contribution in [-0.4, -0.2) is 16.7 Å². The van der Waals surface area contributed by atoms with E-state index in [0.717, 1.165) is 44.0 Å². The Morgan fingerprint density at radius 2 is 1.73 bits per heavy atom. The van der Waals surface area contributed by atoms with Gasteiger partial charge in [-0.1, -0.05) is 48.0 Å². The van der Waals surface area contributed by atoms with Crippen LogP contribution in [0.15, 0.2) is 71.8 Å². The zero-order valence-electron chi connectivity index (χ0n) is 17.1. The third-order valence-corrected chi connectivity index (χ3v) is 5.67. The Labute approximate surface area is 180 Å². The molecular formula is C25H22ClN3O. The van der Waals surface area contributed by atoms with E-state index in [1.807, 2.05) is 81.4 Å². The number of hydrogen-bond donors (Lipinski definition) is 1. The first-order chi connectivity index (χ1) is 14.4. The first-order valence-electron chi connectivity index (χ1n) is 9.72. The largest absolute Gasteiger partial charge is 0.318 e. The van der Waals surface area contributed by atoms with Gasteiger partial charge >= 0.3 is 0 Å². The minimum Gasteiger partial charge on any atom is -0.318 e. The minimum atomic E-state index is -0.240. The SMILES string of the molecule is Cc1ccc(-n2c(C)cc(/C=N\NC(=O)c3ccc4ccccc4c3)c2C)cc1Cl. The van der Waals surface area contributed by atoms with Crippen LogP contribution in [0.1, 0.15) is 32.9 Å². The highest BCUT2D eigenvalue weighted by Gasteiger charge is 2.11. The second kappa shape index (κ2) is 8.17. The molecule has 4 aromatic rings. The van der Waals surface area contributed by atoms with E-state index < -0.39 is 0 Å². The number of benzene rings is 3. The van der Waals surface area contributed by atoms with E-state index in [1.54, 1.807) is 12.3 Å². The number of hydrazone groups is 1. The fourth-order valence-electron chi connectivity index (χ4n) is 3.59. The Balaban J connectivity index is 1.54. The molecule has 1 heterocycles. The summed E-state index contributed by atoms with van der Waals surface area (Å²) in [5.41, 5.74) is 8.26. The summed E-state index contributed by atoms with van der Waals surface area (Å²) in [5, 5.41) is 7.03. The van der Waals surface area contributed by atoms with Gasteiger partial charge < -0.3 is 4.57 Å². The van der Waals surface area contributed by atoms with Crippen molar-refractivity contribution in [3.8, 4) is 5.69 Å². The number of carbonyl (C=O) groups is 1. The molecule has 0 aliphatic rings. The van der Waals surface area contributed by atoms with Crippen molar-refractivity contribution in [2.75, 3.05) is 0 Å². The number of nitrogens with one attached hydrogen (secondary N) is 1. The summed E-state index contributed by atoms with van der Waals surface area (Å²) in [6.45, 7) is 6.04. The van der Waals surface area contributed by atoms with Gasteiger partial charge in [0.05, 0.1) is 6.21 Å². The zero-order chi connectivity index (χ0) is 21.3. The van der Waals surface area contributed by atoms with Crippen LogP contribution in [0.2, 0.25) is 5.02 Å². The summed E-state index contributed by atoms with van der Waals surface area (Å²) >= 11 is 6.30. The highest BCUT2D eigenvalue weighted by Crippen LogP contribution is 2.24. The van der Waals surface area contributed by atoms with E-state index in [4.69, 9.17) is 11.6 Å². The number of nitrogens with zero attached hydrogens (tertiary/aromatic N) is 2. The summed E-state index contributed by atoms with van der Waals surface area (Å²) in [4.78, 5) is 12.5. The van der Waals surface area contributed by atoms with Gasteiger partial charge in [-0.25, -0.2) is 5.43 Å². The normalized spacial score (nSPS) is 11.3. The molecule has 4 rings (SSSR count). The number of rotatable bonds is 4. The highest BCUT2D eigenvalue weighted by atomic mass is 35.5. The van der Waals surface area contributed by atoms with Crippen LogP contribution in [0.5, 0.6) is 0 Å². The molecule has 0 unspecified atom stereocenters. The lowest BCUT2D eigenvalue weighted by atomic mass is 10.1. The Kier molecular flexibility index (Phi) is 5.42. The van der Waals surface area contributed by atoms with E-state index in [1.165, 1.54) is 0 Å². The van der Waals surface area contributed by atoms with Gasteiger partial charge in [0, 0.05) is 33.2 Å². The van der Waals surface area contributed by atoms with Gasteiger partial charge in [-0.15, -0.1) is 0 Å². The van der Waals surface area contributed by atoms with Gasteiger partial charge in [0.25, 0.3) is 5.91 Å². The van der Waals surface area contributed by atoms with Gasteiger partial charge in [0.15, 0.2) is 0 Å². The number of fused-ring (bicyclic) bond motifs is 1. The standard InChI is InChI=1S/C25H22ClN3O/c1-16-8-11-23(14-24(16)26)29-17(2)12-22(18(29)3)15-27-28-25(30)21-10-9-19-6-4-5-7-20(19)13-21/h4-15H,1-3H3,(H,28,30)/b27-15-. The van der Waals surface area contributed by atoms with E-state index >= 15 is 0 Å². The molecule has 0 radical (unpaired) electrons. The molecule has 0 spiro atoms. The Morgan fingerprint density at radius 1 is 0.967 bits per heavy atom. The summed E-state index contributed by atoms with van der Waals surface area (Å²) < 4.78 is 2.12. The summed E-state index contributed by atoms with van der Waals surface area (Å²) in [7, 11) is 0. The van der Waals surface area contributed by atoms with E-state index in [0.29, 0.717) is 5.56 Å². The van der Waals surface area contributed by atoms with Crippen molar-refractivity contribution in [2.24, 2.45) is 5.10 Å². The van der Waals surface area contributed by atoms with Crippen molar-refractivity contribution in [2.45, 2.75) is 20.8 Å². The second-order valence-corrected chi connectivity index (χ2v) is 7.76. The number of hydrogen-bond acceptors (Lipinski definition) is 2. The lowest BCUT2D eigenvalue weighted by molar-refractivity contribution is 0.0955. The number of aryl methyl sites for hydroxylation is 2. The van der Waals surface area contributed by atoms with Crippen molar-refractivity contribution in [3.63, 3.8) is 0 Å². The van der Waals surface area contributed by atoms with Crippen LogP contribution in [0.25, 0.3) is 16.5 Å². The molecule has 0 bridgehead atoms. The zero-order valence-corrected chi connectivity index (χ0v) is 17.9. The quantitative estimate of drug-likeness (QED) is 0.323. The van der Waals surface area contributed by atoms with Gasteiger partial charge in [-0.05, 0) is 67.4 Å². The molecule has 5 heteroatoms. The molecule has 1 aromatic heterocycles. The van der Waals surface area contributed by atoms with Gasteiger partial charge in [-0.2, -0.15) is 5.10 Å². The van der Waals surface area contributed by atoms with Crippen molar-refractivity contribution >= 4 is 34.5 Å². The predicted octanol–water partition coefficient (Wildman–Crippen LogP) is 5.97. The minimum absolute atomic E-state index is 0.240. The van der Waals surface area contributed by atoms with Crippen molar-refractivity contribution in [3.05, 3.63) is 99.8 Å². The van der Waals surface area contributed by atoms with Crippen LogP contribution in [0, 0.1) is 20.8 Å². The fourth-order valence-corrected chi connectivity index (χ4v) is 3.77. The maximum Gasteiger partial charge on any atom is 0.271 e. The van der Waals surface area contributed by atoms with Crippen molar-refractivity contribution in [1.82, 2.24) is 9.99 Å². The monoisotopic (exact) mass is 415 g/mol. The fraction of sp³-hybridized carbons (Fsp3) is 0.120. The Bertz CT molecular complexity index is 1290. The molecule has 0 fully saturated rings. The lowest BCUT2D eigenvalue weighted by Crippen LogP contribution is -2.17. The summed E-state index contributed by atoms with van der Waals surface area (Å²) in [6.07, 6.45) is 1.67. The topological polar surface area (TPSA) is 46.4 Å². The van der Waals surface area contributed by atoms with E-state index in [-0.39, 0.29) is 5.91 Å². The van der Waals surface area contributed by atoms with Crippen LogP contribution >= 0.6 is 11.6 Å². The number of halogens is 1. The average Bonchev–Trinajstić information content (AvgIpc) is 3.03. The highest BCUT2D eigenvalue weighted by molar-refractivity contribution is 6.31. The molecule has 4 nitrogen and oxygen atoms in total. The summed E-state index contributed by atoms with van der Waals surface area (Å²) in [6, 6.07) is 21.6. The molecule has 150 valence electrons. The van der Waals surface area contributed by atoms with Gasteiger partial charge in [-0.3, -0.25) is 4.79 Å². The molecule has 0 saturated carbocycles. The molecule has 3 aromatic carbocycles. The smallest absolute Gasteiger partial charge is 0.271 e. The van der Waals surface area contributed by atoms with Gasteiger partial charge in [0.2, 0.25) is 0 Å². The number of aromatic nitrogens is 1. The maximum absolute atomic E-state index is 12.5. The van der Waals surface area contributed by atoms with Crippen LogP contribution < -0.4 is 5.43 Å². The molecule has 0 atom stereocenters. The van der Waals surface area contributed by atoms with E-state index in [9.17, 15) is 4.79 Å². The first kappa shape index (κ1) is 19.9. The van der Waals surface area contributed by atoms with Crippen LogP contribution in [0.3, 0.4) is 0 Å². The third-order valence-electron chi connectivity index (χ3n) is 5.27. The molecule has 1 amide bonds. The molecule has 1 N–H and O–H groups in total.